The third kappa shape index (κ3) is 3.83. The third-order valence-electron chi connectivity index (χ3n) is 5.56. The quantitative estimate of drug-likeness (QED) is 0.811. The second kappa shape index (κ2) is 7.75. The van der Waals surface area contributed by atoms with E-state index in [2.05, 4.69) is 15.6 Å². The van der Waals surface area contributed by atoms with Crippen molar-refractivity contribution in [2.75, 3.05) is 25.0 Å². The summed E-state index contributed by atoms with van der Waals surface area (Å²) in [5.74, 6) is -0.898. The molecule has 2 aliphatic rings. The number of carbonyl (C=O) groups excluding carboxylic acids is 2. The lowest BCUT2D eigenvalue weighted by Crippen LogP contribution is -2.43. The van der Waals surface area contributed by atoms with Gasteiger partial charge < -0.3 is 15.5 Å². The summed E-state index contributed by atoms with van der Waals surface area (Å²) in [6.07, 6.45) is 4.05. The smallest absolute Gasteiger partial charge is 0.252 e. The number of anilines is 1. The van der Waals surface area contributed by atoms with Gasteiger partial charge in [0.25, 0.3) is 5.91 Å². The molecule has 30 heavy (non-hydrogen) atoms. The van der Waals surface area contributed by atoms with Gasteiger partial charge in [-0.2, -0.15) is 5.26 Å². The minimum atomic E-state index is -1.60. The molecule has 2 atom stereocenters. The van der Waals surface area contributed by atoms with Gasteiger partial charge in [-0.05, 0) is 42.7 Å². The van der Waals surface area contributed by atoms with E-state index >= 15 is 0 Å². The van der Waals surface area contributed by atoms with Crippen LogP contribution in [0.3, 0.4) is 0 Å². The molecule has 4 rings (SSSR count). The monoisotopic (exact) mass is 407 g/mol. The maximum Gasteiger partial charge on any atom is 0.252 e. The van der Waals surface area contributed by atoms with E-state index in [0.29, 0.717) is 11.1 Å². The lowest BCUT2D eigenvalue weighted by molar-refractivity contribution is -0.130. The minimum absolute atomic E-state index is 0.0229. The highest BCUT2D eigenvalue weighted by Gasteiger charge is 2.43. The van der Waals surface area contributed by atoms with Gasteiger partial charge in [0.15, 0.2) is 0 Å². The van der Waals surface area contributed by atoms with E-state index in [1.54, 1.807) is 12.3 Å². The van der Waals surface area contributed by atoms with E-state index in [4.69, 9.17) is 0 Å². The summed E-state index contributed by atoms with van der Waals surface area (Å²) >= 11 is 0. The molecule has 0 saturated carbocycles. The van der Waals surface area contributed by atoms with Crippen LogP contribution in [0.5, 0.6) is 0 Å². The first-order valence-corrected chi connectivity index (χ1v) is 9.85. The van der Waals surface area contributed by atoms with E-state index in [0.717, 1.165) is 24.2 Å². The molecule has 2 aromatic rings. The molecule has 1 fully saturated rings. The SMILES string of the molecule is CC1(F)C[C@@H](C#N)N(C(=O)CNC(=O)c2ccncc2-c2ccc3c(c2)CCN3)C1. The lowest BCUT2D eigenvalue weighted by atomic mass is 9.98. The van der Waals surface area contributed by atoms with Crippen LogP contribution >= 0.6 is 0 Å². The second-order valence-corrected chi connectivity index (χ2v) is 7.94. The molecule has 1 saturated heterocycles. The molecule has 7 nitrogen and oxygen atoms in total. The molecule has 3 heterocycles. The highest BCUT2D eigenvalue weighted by atomic mass is 19.1. The summed E-state index contributed by atoms with van der Waals surface area (Å²) in [6, 6.07) is 8.70. The average Bonchev–Trinajstić information content (AvgIpc) is 3.34. The summed E-state index contributed by atoms with van der Waals surface area (Å²) in [5.41, 5.74) is 2.63. The van der Waals surface area contributed by atoms with Crippen LogP contribution in [0.4, 0.5) is 10.1 Å². The Morgan fingerprint density at radius 2 is 2.27 bits per heavy atom. The second-order valence-electron chi connectivity index (χ2n) is 7.94. The number of benzene rings is 1. The van der Waals surface area contributed by atoms with Crippen molar-refractivity contribution in [3.63, 3.8) is 0 Å². The van der Waals surface area contributed by atoms with Crippen LogP contribution in [0.15, 0.2) is 36.7 Å². The molecule has 8 heteroatoms. The first-order valence-electron chi connectivity index (χ1n) is 9.85. The topological polar surface area (TPSA) is 98.1 Å². The van der Waals surface area contributed by atoms with Crippen molar-refractivity contribution in [3.05, 3.63) is 47.8 Å². The van der Waals surface area contributed by atoms with Gasteiger partial charge in [-0.15, -0.1) is 0 Å². The van der Waals surface area contributed by atoms with Crippen LogP contribution in [-0.2, 0) is 11.2 Å². The van der Waals surface area contributed by atoms with Crippen LogP contribution in [-0.4, -0.2) is 53.0 Å². The van der Waals surface area contributed by atoms with Crippen molar-refractivity contribution in [1.82, 2.24) is 15.2 Å². The van der Waals surface area contributed by atoms with Crippen LogP contribution in [0, 0.1) is 11.3 Å². The van der Waals surface area contributed by atoms with Crippen LogP contribution in [0.1, 0.15) is 29.3 Å². The first-order chi connectivity index (χ1) is 14.4. The average molecular weight is 407 g/mol. The molecule has 2 aliphatic heterocycles. The molecular formula is C22H22FN5O2. The lowest BCUT2D eigenvalue weighted by Gasteiger charge is -2.20. The Balaban J connectivity index is 1.49. The summed E-state index contributed by atoms with van der Waals surface area (Å²) < 4.78 is 14.2. The predicted octanol–water partition coefficient (Wildman–Crippen LogP) is 2.30. The molecular weight excluding hydrogens is 385 g/mol. The van der Waals surface area contributed by atoms with Crippen molar-refractivity contribution in [1.29, 1.82) is 5.26 Å². The number of amides is 2. The Labute approximate surface area is 173 Å². The van der Waals surface area contributed by atoms with Crippen LogP contribution in [0.25, 0.3) is 11.1 Å². The zero-order valence-electron chi connectivity index (χ0n) is 16.6. The van der Waals surface area contributed by atoms with Gasteiger partial charge >= 0.3 is 0 Å². The largest absolute Gasteiger partial charge is 0.384 e. The zero-order chi connectivity index (χ0) is 21.3. The van der Waals surface area contributed by atoms with Crippen molar-refractivity contribution in [2.24, 2.45) is 0 Å². The molecule has 2 N–H and O–H groups in total. The highest BCUT2D eigenvalue weighted by molar-refractivity contribution is 6.02. The van der Waals surface area contributed by atoms with Crippen molar-refractivity contribution < 1.29 is 14.0 Å². The Bertz CT molecular complexity index is 1050. The fraction of sp³-hybridized carbons (Fsp3) is 0.364. The number of likely N-dealkylation sites (tertiary alicyclic amines) is 1. The van der Waals surface area contributed by atoms with Crippen molar-refractivity contribution in [2.45, 2.75) is 31.5 Å². The highest BCUT2D eigenvalue weighted by Crippen LogP contribution is 2.31. The van der Waals surface area contributed by atoms with E-state index < -0.39 is 23.5 Å². The molecule has 0 radical (unpaired) electrons. The molecule has 1 aromatic heterocycles. The predicted molar refractivity (Wildman–Crippen MR) is 109 cm³/mol. The van der Waals surface area contributed by atoms with Crippen molar-refractivity contribution >= 4 is 17.5 Å². The Morgan fingerprint density at radius 1 is 1.43 bits per heavy atom. The van der Waals surface area contributed by atoms with E-state index in [9.17, 15) is 19.2 Å². The molecule has 0 aliphatic carbocycles. The van der Waals surface area contributed by atoms with E-state index in [-0.39, 0.29) is 19.5 Å². The Kier molecular flexibility index (Phi) is 5.12. The summed E-state index contributed by atoms with van der Waals surface area (Å²) in [5, 5.41) is 15.1. The number of nitrogens with one attached hydrogen (secondary N) is 2. The summed E-state index contributed by atoms with van der Waals surface area (Å²) in [4.78, 5) is 30.6. The number of carbonyl (C=O) groups is 2. The number of rotatable bonds is 4. The number of alkyl halides is 1. The first kappa shape index (κ1) is 19.8. The molecule has 2 amide bonds. The van der Waals surface area contributed by atoms with Gasteiger partial charge in [0.2, 0.25) is 5.91 Å². The molecule has 1 aromatic carbocycles. The van der Waals surface area contributed by atoms with Crippen LogP contribution in [0.2, 0.25) is 0 Å². The molecule has 0 spiro atoms. The van der Waals surface area contributed by atoms with Crippen molar-refractivity contribution in [3.8, 4) is 17.2 Å². The van der Waals surface area contributed by atoms with Gasteiger partial charge in [0.05, 0.1) is 24.7 Å². The van der Waals surface area contributed by atoms with Gasteiger partial charge in [-0.25, -0.2) is 4.39 Å². The van der Waals surface area contributed by atoms with Gasteiger partial charge in [0.1, 0.15) is 11.7 Å². The standard InChI is InChI=1S/C22H22FN5O2/c1-22(23)9-16(10-24)28(13-22)20(29)12-27-21(30)17-5-6-25-11-18(17)14-2-3-19-15(8-14)4-7-26-19/h2-3,5-6,8,11,16,26H,4,7,9,12-13H2,1H3,(H,27,30)/t16-,22?/m0/s1. The van der Waals surface area contributed by atoms with Gasteiger partial charge in [-0.1, -0.05) is 6.07 Å². The Hall–Kier alpha value is -3.47. The number of pyridine rings is 1. The number of halogens is 1. The summed E-state index contributed by atoms with van der Waals surface area (Å²) in [7, 11) is 0. The van der Waals surface area contributed by atoms with Crippen LogP contribution < -0.4 is 10.6 Å². The molecule has 1 unspecified atom stereocenters. The van der Waals surface area contributed by atoms with E-state index in [1.807, 2.05) is 24.3 Å². The minimum Gasteiger partial charge on any atom is -0.384 e. The van der Waals surface area contributed by atoms with Gasteiger partial charge in [-0.3, -0.25) is 14.6 Å². The fourth-order valence-electron chi connectivity index (χ4n) is 4.07. The van der Waals surface area contributed by atoms with Gasteiger partial charge in [0, 0.05) is 36.6 Å². The molecule has 154 valence electrons. The maximum atomic E-state index is 14.2. The zero-order valence-corrected chi connectivity index (χ0v) is 16.6. The summed E-state index contributed by atoms with van der Waals surface area (Å²) in [6.45, 7) is 1.81. The normalized spacial score (nSPS) is 22.2. The molecule has 0 bridgehead atoms. The fourth-order valence-corrected chi connectivity index (χ4v) is 4.07. The Morgan fingerprint density at radius 3 is 3.07 bits per heavy atom. The third-order valence-corrected chi connectivity index (χ3v) is 5.56. The number of nitriles is 1. The number of hydrogen-bond acceptors (Lipinski definition) is 5. The number of aromatic nitrogens is 1. The number of nitrogens with zero attached hydrogens (tertiary/aromatic N) is 3. The number of fused-ring (bicyclic) bond motifs is 1. The maximum absolute atomic E-state index is 14.2. The number of hydrogen-bond donors (Lipinski definition) is 2. The van der Waals surface area contributed by atoms with E-state index in [1.165, 1.54) is 23.6 Å².